The van der Waals surface area contributed by atoms with Crippen LogP contribution in [0.4, 0.5) is 0 Å². The van der Waals surface area contributed by atoms with E-state index in [0.29, 0.717) is 16.3 Å². The molecule has 0 radical (unpaired) electrons. The maximum atomic E-state index is 9.04. The number of halogens is 1. The zero-order valence-electron chi connectivity index (χ0n) is 8.95. The van der Waals surface area contributed by atoms with Gasteiger partial charge in [0.2, 0.25) is 0 Å². The Kier molecular flexibility index (Phi) is 2.70. The van der Waals surface area contributed by atoms with Crippen LogP contribution in [0, 0.1) is 0 Å². The van der Waals surface area contributed by atoms with Gasteiger partial charge in [-0.15, -0.1) is 0 Å². The van der Waals surface area contributed by atoms with E-state index in [-0.39, 0.29) is 18.9 Å². The molecule has 2 atom stereocenters. The summed E-state index contributed by atoms with van der Waals surface area (Å²) in [6.45, 7) is 0.0405. The topological polar surface area (TPSA) is 73.1 Å². The van der Waals surface area contributed by atoms with Crippen LogP contribution in [0.3, 0.4) is 0 Å². The summed E-state index contributed by atoms with van der Waals surface area (Å²) in [4.78, 5) is 12.2. The summed E-state index contributed by atoms with van der Waals surface area (Å²) in [5.74, 6) is 0. The minimum Gasteiger partial charge on any atom is -0.394 e. The van der Waals surface area contributed by atoms with Gasteiger partial charge < -0.3 is 9.84 Å². The molecule has 3 heterocycles. The quantitative estimate of drug-likeness (QED) is 0.814. The average Bonchev–Trinajstić information content (AvgIpc) is 2.94. The smallest absolute Gasteiger partial charge is 0.166 e. The van der Waals surface area contributed by atoms with E-state index < -0.39 is 0 Å². The zero-order valence-corrected chi connectivity index (χ0v) is 9.71. The minimum atomic E-state index is -0.136. The van der Waals surface area contributed by atoms with Crippen molar-refractivity contribution in [3.63, 3.8) is 0 Å². The largest absolute Gasteiger partial charge is 0.394 e. The monoisotopic (exact) mass is 254 g/mol. The van der Waals surface area contributed by atoms with Crippen molar-refractivity contribution in [2.45, 2.75) is 25.2 Å². The van der Waals surface area contributed by atoms with E-state index in [1.165, 1.54) is 6.33 Å². The van der Waals surface area contributed by atoms with Gasteiger partial charge in [-0.3, -0.25) is 4.57 Å². The summed E-state index contributed by atoms with van der Waals surface area (Å²) in [6.07, 6.45) is 4.48. The summed E-state index contributed by atoms with van der Waals surface area (Å²) >= 11 is 5.93. The lowest BCUT2D eigenvalue weighted by atomic mass is 10.2. The molecular weight excluding hydrogens is 244 g/mol. The molecule has 1 saturated heterocycles. The van der Waals surface area contributed by atoms with Crippen LogP contribution in [0.15, 0.2) is 12.7 Å². The lowest BCUT2D eigenvalue weighted by Crippen LogP contribution is -2.14. The van der Waals surface area contributed by atoms with Crippen molar-refractivity contribution < 1.29 is 9.84 Å². The van der Waals surface area contributed by atoms with Crippen LogP contribution < -0.4 is 0 Å². The van der Waals surface area contributed by atoms with Crippen molar-refractivity contribution >= 4 is 22.8 Å². The van der Waals surface area contributed by atoms with E-state index in [9.17, 15) is 0 Å². The van der Waals surface area contributed by atoms with E-state index in [2.05, 4.69) is 15.0 Å². The summed E-state index contributed by atoms with van der Waals surface area (Å²) in [6, 6.07) is 0. The molecule has 3 rings (SSSR count). The van der Waals surface area contributed by atoms with Gasteiger partial charge in [-0.05, 0) is 12.8 Å². The van der Waals surface area contributed by atoms with Crippen molar-refractivity contribution in [3.8, 4) is 0 Å². The van der Waals surface area contributed by atoms with Crippen molar-refractivity contribution in [3.05, 3.63) is 17.8 Å². The normalized spacial score (nSPS) is 24.6. The van der Waals surface area contributed by atoms with Gasteiger partial charge >= 0.3 is 0 Å². The Bertz CT molecular complexity index is 544. The first-order chi connectivity index (χ1) is 8.29. The van der Waals surface area contributed by atoms with Crippen LogP contribution in [0.25, 0.3) is 11.2 Å². The molecule has 2 aromatic rings. The molecule has 1 aliphatic rings. The van der Waals surface area contributed by atoms with Gasteiger partial charge in [-0.25, -0.2) is 15.0 Å². The van der Waals surface area contributed by atoms with Gasteiger partial charge in [0.1, 0.15) is 18.1 Å². The van der Waals surface area contributed by atoms with E-state index in [4.69, 9.17) is 21.4 Å². The van der Waals surface area contributed by atoms with Crippen LogP contribution in [-0.4, -0.2) is 37.3 Å². The molecule has 90 valence electrons. The summed E-state index contributed by atoms with van der Waals surface area (Å²) < 4.78 is 7.50. The Morgan fingerprint density at radius 2 is 2.29 bits per heavy atom. The minimum absolute atomic E-state index is 0.0405. The van der Waals surface area contributed by atoms with E-state index in [1.54, 1.807) is 6.33 Å². The Hall–Kier alpha value is -1.24. The molecule has 1 N–H and O–H groups in total. The highest BCUT2D eigenvalue weighted by atomic mass is 35.5. The van der Waals surface area contributed by atoms with Crippen LogP contribution in [0.1, 0.15) is 19.1 Å². The van der Waals surface area contributed by atoms with Crippen LogP contribution in [0.2, 0.25) is 5.15 Å². The molecule has 1 aliphatic heterocycles. The van der Waals surface area contributed by atoms with Gasteiger partial charge in [0, 0.05) is 0 Å². The number of aliphatic hydroxyl groups excluding tert-OH is 1. The lowest BCUT2D eigenvalue weighted by molar-refractivity contribution is -0.0207. The third kappa shape index (κ3) is 1.78. The maximum absolute atomic E-state index is 9.04. The maximum Gasteiger partial charge on any atom is 0.166 e. The fourth-order valence-electron chi connectivity index (χ4n) is 2.06. The number of hydrogen-bond acceptors (Lipinski definition) is 5. The number of fused-ring (bicyclic) bond motifs is 1. The predicted molar refractivity (Wildman–Crippen MR) is 60.6 cm³/mol. The molecule has 0 aliphatic carbocycles. The number of rotatable bonds is 2. The molecule has 0 saturated carbocycles. The fourth-order valence-corrected chi connectivity index (χ4v) is 2.24. The Labute approximate surface area is 102 Å². The third-order valence-corrected chi connectivity index (χ3v) is 3.19. The second kappa shape index (κ2) is 4.21. The third-order valence-electron chi connectivity index (χ3n) is 2.91. The van der Waals surface area contributed by atoms with E-state index >= 15 is 0 Å². The van der Waals surface area contributed by atoms with Gasteiger partial charge in [0.05, 0.1) is 19.0 Å². The molecule has 7 heteroatoms. The first-order valence-corrected chi connectivity index (χ1v) is 5.76. The average molecular weight is 255 g/mol. The zero-order chi connectivity index (χ0) is 11.8. The van der Waals surface area contributed by atoms with Crippen molar-refractivity contribution in [2.75, 3.05) is 6.61 Å². The molecule has 0 bridgehead atoms. The standard InChI is InChI=1S/C10H11ClN4O2/c11-9-8-10(13-4-12-9)15(5-14-8)7-2-1-6(3-16)17-7/h4-7,16H,1-3H2. The van der Waals surface area contributed by atoms with Crippen LogP contribution in [0.5, 0.6) is 0 Å². The molecule has 6 nitrogen and oxygen atoms in total. The Morgan fingerprint density at radius 1 is 1.41 bits per heavy atom. The second-order valence-corrected chi connectivity index (χ2v) is 4.32. The van der Waals surface area contributed by atoms with Gasteiger partial charge in [-0.1, -0.05) is 11.6 Å². The molecule has 17 heavy (non-hydrogen) atoms. The number of nitrogens with zero attached hydrogens (tertiary/aromatic N) is 4. The van der Waals surface area contributed by atoms with E-state index in [0.717, 1.165) is 12.8 Å². The fraction of sp³-hybridized carbons (Fsp3) is 0.500. The highest BCUT2D eigenvalue weighted by Crippen LogP contribution is 2.30. The van der Waals surface area contributed by atoms with Crippen molar-refractivity contribution in [2.24, 2.45) is 0 Å². The number of aliphatic hydroxyl groups is 1. The van der Waals surface area contributed by atoms with Gasteiger partial charge in [0.25, 0.3) is 0 Å². The number of ether oxygens (including phenoxy) is 1. The molecule has 2 unspecified atom stereocenters. The summed E-state index contributed by atoms with van der Waals surface area (Å²) in [5.41, 5.74) is 1.24. The Morgan fingerprint density at radius 3 is 3.06 bits per heavy atom. The van der Waals surface area contributed by atoms with E-state index in [1.807, 2.05) is 4.57 Å². The number of imidazole rings is 1. The predicted octanol–water partition coefficient (Wildman–Crippen LogP) is 1.15. The second-order valence-electron chi connectivity index (χ2n) is 3.96. The van der Waals surface area contributed by atoms with Crippen molar-refractivity contribution in [1.82, 2.24) is 19.5 Å². The van der Waals surface area contributed by atoms with Crippen molar-refractivity contribution in [1.29, 1.82) is 0 Å². The first-order valence-electron chi connectivity index (χ1n) is 5.39. The van der Waals surface area contributed by atoms with Crippen LogP contribution in [-0.2, 0) is 4.74 Å². The number of hydrogen-bond donors (Lipinski definition) is 1. The molecule has 0 spiro atoms. The molecule has 0 aromatic carbocycles. The first kappa shape index (κ1) is 10.9. The molecule has 1 fully saturated rings. The summed E-state index contributed by atoms with van der Waals surface area (Å²) in [5, 5.41) is 9.38. The highest BCUT2D eigenvalue weighted by molar-refractivity contribution is 6.33. The van der Waals surface area contributed by atoms with Crippen LogP contribution >= 0.6 is 11.6 Å². The summed E-state index contributed by atoms with van der Waals surface area (Å²) in [7, 11) is 0. The molecular formula is C10H11ClN4O2. The van der Waals surface area contributed by atoms with Gasteiger partial charge in [-0.2, -0.15) is 0 Å². The Balaban J connectivity index is 1.99. The number of aromatic nitrogens is 4. The molecule has 2 aromatic heterocycles. The SMILES string of the molecule is OCC1CCC(n2cnc3c(Cl)ncnc32)O1. The molecule has 0 amide bonds. The van der Waals surface area contributed by atoms with Gasteiger partial charge in [0.15, 0.2) is 10.8 Å². The lowest BCUT2D eigenvalue weighted by Gasteiger charge is -2.13. The highest BCUT2D eigenvalue weighted by Gasteiger charge is 2.27.